The van der Waals surface area contributed by atoms with Crippen molar-refractivity contribution in [3.8, 4) is 17.1 Å². The molecule has 0 bridgehead atoms. The van der Waals surface area contributed by atoms with Crippen LogP contribution in [-0.2, 0) is 0 Å². The molecule has 0 unspecified atom stereocenters. The largest absolute Gasteiger partial charge is 0.494 e. The molecule has 3 heteroatoms. The zero-order chi connectivity index (χ0) is 11.4. The van der Waals surface area contributed by atoms with E-state index in [1.807, 2.05) is 31.2 Å². The van der Waals surface area contributed by atoms with Crippen LogP contribution in [0.4, 0.5) is 0 Å². The maximum Gasteiger partial charge on any atom is 0.185 e. The molecule has 0 amide bonds. The van der Waals surface area contributed by atoms with Crippen LogP contribution in [0.15, 0.2) is 40.8 Å². The summed E-state index contributed by atoms with van der Waals surface area (Å²) >= 11 is 0. The van der Waals surface area contributed by atoms with E-state index in [1.54, 1.807) is 12.1 Å². The average Bonchev–Trinajstić information content (AvgIpc) is 2.78. The summed E-state index contributed by atoms with van der Waals surface area (Å²) < 4.78 is 10.7. The first-order valence-electron chi connectivity index (χ1n) is 5.11. The Bertz CT molecular complexity index is 485. The summed E-state index contributed by atoms with van der Waals surface area (Å²) in [6.45, 7) is 2.56. The molecule has 1 heterocycles. The van der Waals surface area contributed by atoms with Gasteiger partial charge >= 0.3 is 0 Å². The smallest absolute Gasteiger partial charge is 0.185 e. The second kappa shape index (κ2) is 4.66. The van der Waals surface area contributed by atoms with Gasteiger partial charge < -0.3 is 9.15 Å². The van der Waals surface area contributed by atoms with Crippen LogP contribution in [0.25, 0.3) is 11.3 Å². The molecule has 2 rings (SSSR count). The van der Waals surface area contributed by atoms with Crippen LogP contribution in [0.3, 0.4) is 0 Å². The fourth-order valence-corrected chi connectivity index (χ4v) is 1.48. The van der Waals surface area contributed by atoms with E-state index >= 15 is 0 Å². The number of carbonyl (C=O) groups excluding carboxylic acids is 1. The van der Waals surface area contributed by atoms with Crippen molar-refractivity contribution in [1.29, 1.82) is 0 Å². The van der Waals surface area contributed by atoms with Gasteiger partial charge in [0.05, 0.1) is 6.61 Å². The Morgan fingerprint density at radius 3 is 2.88 bits per heavy atom. The first kappa shape index (κ1) is 10.5. The van der Waals surface area contributed by atoms with Crippen molar-refractivity contribution < 1.29 is 13.9 Å². The zero-order valence-corrected chi connectivity index (χ0v) is 8.97. The van der Waals surface area contributed by atoms with E-state index in [0.29, 0.717) is 24.4 Å². The Kier molecular flexibility index (Phi) is 3.05. The van der Waals surface area contributed by atoms with Crippen molar-refractivity contribution in [2.24, 2.45) is 0 Å². The highest BCUT2D eigenvalue weighted by atomic mass is 16.5. The van der Waals surface area contributed by atoms with Crippen LogP contribution in [0.1, 0.15) is 17.5 Å². The van der Waals surface area contributed by atoms with Crippen LogP contribution in [0.5, 0.6) is 5.75 Å². The number of ether oxygens (including phenoxy) is 1. The summed E-state index contributed by atoms with van der Waals surface area (Å²) in [5.74, 6) is 1.80. The quantitative estimate of drug-likeness (QED) is 0.737. The Morgan fingerprint density at radius 2 is 2.19 bits per heavy atom. The number of carbonyl (C=O) groups is 1. The molecule has 2 aromatic rings. The standard InChI is InChI=1S/C13H12O3/c1-2-15-11-5-3-4-10(8-11)13-7-6-12(9-14)16-13/h3-9H,2H2,1H3. The maximum atomic E-state index is 10.5. The van der Waals surface area contributed by atoms with E-state index in [-0.39, 0.29) is 0 Å². The fraction of sp³-hybridized carbons (Fsp3) is 0.154. The molecule has 0 atom stereocenters. The van der Waals surface area contributed by atoms with Gasteiger partial charge in [-0.3, -0.25) is 4.79 Å². The lowest BCUT2D eigenvalue weighted by atomic mass is 10.1. The summed E-state index contributed by atoms with van der Waals surface area (Å²) in [5.41, 5.74) is 0.902. The van der Waals surface area contributed by atoms with Crippen LogP contribution < -0.4 is 4.74 Å². The van der Waals surface area contributed by atoms with E-state index in [9.17, 15) is 4.79 Å². The third kappa shape index (κ3) is 2.14. The van der Waals surface area contributed by atoms with Crippen molar-refractivity contribution in [3.05, 3.63) is 42.2 Å². The minimum absolute atomic E-state index is 0.330. The summed E-state index contributed by atoms with van der Waals surface area (Å²) in [4.78, 5) is 10.5. The molecule has 0 saturated heterocycles. The molecule has 1 aromatic heterocycles. The molecule has 0 aliphatic carbocycles. The maximum absolute atomic E-state index is 10.5. The molecule has 0 N–H and O–H groups in total. The monoisotopic (exact) mass is 216 g/mol. The third-order valence-corrected chi connectivity index (χ3v) is 2.17. The molecule has 16 heavy (non-hydrogen) atoms. The lowest BCUT2D eigenvalue weighted by molar-refractivity contribution is 0.110. The highest BCUT2D eigenvalue weighted by Gasteiger charge is 2.04. The molecule has 0 saturated carbocycles. The van der Waals surface area contributed by atoms with Gasteiger partial charge in [0.2, 0.25) is 0 Å². The van der Waals surface area contributed by atoms with Crippen molar-refractivity contribution in [1.82, 2.24) is 0 Å². The molecule has 82 valence electrons. The van der Waals surface area contributed by atoms with Gasteiger partial charge in [-0.2, -0.15) is 0 Å². The topological polar surface area (TPSA) is 39.4 Å². The van der Waals surface area contributed by atoms with Gasteiger partial charge in [-0.25, -0.2) is 0 Å². The lowest BCUT2D eigenvalue weighted by Gasteiger charge is -2.03. The van der Waals surface area contributed by atoms with Crippen LogP contribution >= 0.6 is 0 Å². The van der Waals surface area contributed by atoms with Crippen molar-refractivity contribution in [3.63, 3.8) is 0 Å². The first-order valence-corrected chi connectivity index (χ1v) is 5.11. The zero-order valence-electron chi connectivity index (χ0n) is 8.97. The van der Waals surface area contributed by atoms with Gasteiger partial charge in [-0.15, -0.1) is 0 Å². The van der Waals surface area contributed by atoms with Crippen molar-refractivity contribution in [2.75, 3.05) is 6.61 Å². The predicted molar refractivity (Wildman–Crippen MR) is 60.7 cm³/mol. The van der Waals surface area contributed by atoms with Gasteiger partial charge in [0.15, 0.2) is 12.0 Å². The normalized spacial score (nSPS) is 10.1. The number of aldehydes is 1. The van der Waals surface area contributed by atoms with Crippen LogP contribution in [-0.4, -0.2) is 12.9 Å². The molecule has 3 nitrogen and oxygen atoms in total. The lowest BCUT2D eigenvalue weighted by Crippen LogP contribution is -1.90. The molecule has 1 aromatic carbocycles. The van der Waals surface area contributed by atoms with E-state index in [4.69, 9.17) is 9.15 Å². The highest BCUT2D eigenvalue weighted by Crippen LogP contribution is 2.25. The molecule has 0 fully saturated rings. The van der Waals surface area contributed by atoms with Crippen molar-refractivity contribution in [2.45, 2.75) is 6.92 Å². The summed E-state index contributed by atoms with van der Waals surface area (Å²) in [7, 11) is 0. The first-order chi connectivity index (χ1) is 7.83. The highest BCUT2D eigenvalue weighted by molar-refractivity contribution is 5.73. The Morgan fingerprint density at radius 1 is 1.31 bits per heavy atom. The van der Waals surface area contributed by atoms with Crippen molar-refractivity contribution >= 4 is 6.29 Å². The summed E-state index contributed by atoms with van der Waals surface area (Å²) in [6.07, 6.45) is 0.690. The predicted octanol–water partition coefficient (Wildman–Crippen LogP) is 3.16. The van der Waals surface area contributed by atoms with Gasteiger partial charge in [-0.1, -0.05) is 12.1 Å². The molecular formula is C13H12O3. The number of benzene rings is 1. The minimum atomic E-state index is 0.330. The summed E-state index contributed by atoms with van der Waals surface area (Å²) in [5, 5.41) is 0. The average molecular weight is 216 g/mol. The molecule has 0 spiro atoms. The van der Waals surface area contributed by atoms with E-state index in [2.05, 4.69) is 0 Å². The van der Waals surface area contributed by atoms with E-state index < -0.39 is 0 Å². The van der Waals surface area contributed by atoms with E-state index in [0.717, 1.165) is 11.3 Å². The number of hydrogen-bond donors (Lipinski definition) is 0. The SMILES string of the molecule is CCOc1cccc(-c2ccc(C=O)o2)c1. The van der Waals surface area contributed by atoms with Gasteiger partial charge in [0, 0.05) is 5.56 Å². The van der Waals surface area contributed by atoms with Gasteiger partial charge in [0.1, 0.15) is 11.5 Å². The number of furan rings is 1. The fourth-order valence-electron chi connectivity index (χ4n) is 1.48. The second-order valence-corrected chi connectivity index (χ2v) is 3.28. The molecule has 0 aliphatic heterocycles. The number of hydrogen-bond acceptors (Lipinski definition) is 3. The molecule has 0 radical (unpaired) electrons. The minimum Gasteiger partial charge on any atom is -0.494 e. The third-order valence-electron chi connectivity index (χ3n) is 2.17. The molecular weight excluding hydrogens is 204 g/mol. The number of rotatable bonds is 4. The molecule has 0 aliphatic rings. The van der Waals surface area contributed by atoms with Crippen LogP contribution in [0, 0.1) is 0 Å². The van der Waals surface area contributed by atoms with Gasteiger partial charge in [0.25, 0.3) is 0 Å². The Labute approximate surface area is 93.7 Å². The van der Waals surface area contributed by atoms with Crippen LogP contribution in [0.2, 0.25) is 0 Å². The van der Waals surface area contributed by atoms with Gasteiger partial charge in [-0.05, 0) is 31.2 Å². The summed E-state index contributed by atoms with van der Waals surface area (Å²) in [6, 6.07) is 11.0. The Hall–Kier alpha value is -2.03. The second-order valence-electron chi connectivity index (χ2n) is 3.28. The van der Waals surface area contributed by atoms with E-state index in [1.165, 1.54) is 0 Å². The Balaban J connectivity index is 2.32.